The zero-order valence-corrected chi connectivity index (χ0v) is 17.1. The molecule has 2 aromatic carbocycles. The molecule has 2 aromatic rings. The molecule has 0 unspecified atom stereocenters. The summed E-state index contributed by atoms with van der Waals surface area (Å²) in [6, 6.07) is 13.9. The molecule has 0 radical (unpaired) electrons. The predicted octanol–water partition coefficient (Wildman–Crippen LogP) is 4.72. The van der Waals surface area contributed by atoms with Crippen molar-refractivity contribution in [1.82, 2.24) is 0 Å². The van der Waals surface area contributed by atoms with E-state index in [1.54, 1.807) is 49.4 Å². The number of nitrogens with two attached hydrogens (primary N) is 1. The number of methoxy groups -OCH3 is 1. The van der Waals surface area contributed by atoms with E-state index in [9.17, 15) is 10.1 Å². The monoisotopic (exact) mass is 429 g/mol. The van der Waals surface area contributed by atoms with E-state index in [2.05, 4.69) is 5.32 Å². The maximum Gasteiger partial charge on any atom is 0.256 e. The van der Waals surface area contributed by atoms with E-state index < -0.39 is 11.8 Å². The van der Waals surface area contributed by atoms with Gasteiger partial charge in [0.25, 0.3) is 5.91 Å². The maximum absolute atomic E-state index is 13.3. The number of halogens is 2. The topological polar surface area (TPSA) is 97.4 Å². The fourth-order valence-electron chi connectivity index (χ4n) is 3.19. The maximum atomic E-state index is 13.3. The lowest BCUT2D eigenvalue weighted by Gasteiger charge is -2.28. The average molecular weight is 430 g/mol. The van der Waals surface area contributed by atoms with Gasteiger partial charge in [0.05, 0.1) is 24.3 Å². The molecule has 1 atom stereocenters. The van der Waals surface area contributed by atoms with Crippen LogP contribution in [0, 0.1) is 11.3 Å². The number of nitrogens with zero attached hydrogens (tertiary/aromatic N) is 1. The third-order valence-electron chi connectivity index (χ3n) is 4.49. The van der Waals surface area contributed by atoms with E-state index in [0.717, 1.165) is 0 Å². The number of hydrogen-bond donors (Lipinski definition) is 2. The van der Waals surface area contributed by atoms with Crippen LogP contribution in [0.15, 0.2) is 65.3 Å². The van der Waals surface area contributed by atoms with Crippen LogP contribution in [0.3, 0.4) is 0 Å². The molecule has 148 valence electrons. The van der Waals surface area contributed by atoms with Crippen LogP contribution in [0.1, 0.15) is 18.4 Å². The Morgan fingerprint density at radius 2 is 1.86 bits per heavy atom. The molecule has 0 saturated heterocycles. The average Bonchev–Trinajstić information content (AvgIpc) is 2.68. The molecule has 0 bridgehead atoms. The molecular weight excluding hydrogens is 413 g/mol. The first-order chi connectivity index (χ1) is 13.9. The second kappa shape index (κ2) is 8.48. The minimum atomic E-state index is -0.885. The summed E-state index contributed by atoms with van der Waals surface area (Å²) in [6.07, 6.45) is 0. The van der Waals surface area contributed by atoms with Crippen molar-refractivity contribution in [1.29, 1.82) is 5.26 Å². The summed E-state index contributed by atoms with van der Waals surface area (Å²) in [6.45, 7) is 1.59. The Bertz CT molecular complexity index is 1070. The molecule has 1 aliphatic heterocycles. The van der Waals surface area contributed by atoms with Crippen LogP contribution >= 0.6 is 23.2 Å². The number of allylic oxidation sites excluding steroid dienone is 2. The Balaban J connectivity index is 2.13. The van der Waals surface area contributed by atoms with Crippen molar-refractivity contribution in [2.75, 3.05) is 12.4 Å². The van der Waals surface area contributed by atoms with Crippen molar-refractivity contribution in [3.05, 3.63) is 80.9 Å². The van der Waals surface area contributed by atoms with Crippen LogP contribution < -0.4 is 15.8 Å². The summed E-state index contributed by atoms with van der Waals surface area (Å²) in [5.41, 5.74) is 7.03. The summed E-state index contributed by atoms with van der Waals surface area (Å²) >= 11 is 12.8. The number of nitriles is 1. The van der Waals surface area contributed by atoms with E-state index in [-0.39, 0.29) is 22.8 Å². The minimum Gasteiger partial charge on any atom is -0.495 e. The third-order valence-corrected chi connectivity index (χ3v) is 5.15. The number of amides is 1. The summed E-state index contributed by atoms with van der Waals surface area (Å²) in [4.78, 5) is 13.3. The van der Waals surface area contributed by atoms with E-state index in [0.29, 0.717) is 27.0 Å². The van der Waals surface area contributed by atoms with Crippen molar-refractivity contribution >= 4 is 34.8 Å². The lowest BCUT2D eigenvalue weighted by molar-refractivity contribution is -0.113. The highest BCUT2D eigenvalue weighted by Crippen LogP contribution is 2.44. The predicted molar refractivity (Wildman–Crippen MR) is 111 cm³/mol. The zero-order valence-electron chi connectivity index (χ0n) is 15.6. The molecule has 0 fully saturated rings. The van der Waals surface area contributed by atoms with Gasteiger partial charge < -0.3 is 20.5 Å². The number of carbonyl (C=O) groups excluding carboxylic acids is 1. The molecule has 3 N–H and O–H groups in total. The summed E-state index contributed by atoms with van der Waals surface area (Å²) < 4.78 is 10.8. The molecule has 8 heteroatoms. The summed E-state index contributed by atoms with van der Waals surface area (Å²) in [5.74, 6) is -0.744. The lowest BCUT2D eigenvalue weighted by Crippen LogP contribution is -2.28. The quantitative estimate of drug-likeness (QED) is 0.732. The fourth-order valence-corrected chi connectivity index (χ4v) is 3.80. The number of anilines is 1. The minimum absolute atomic E-state index is 0.0516. The Hall–Kier alpha value is -3.14. The molecule has 6 nitrogen and oxygen atoms in total. The number of ether oxygens (including phenoxy) is 2. The molecular formula is C21H17Cl2N3O3. The van der Waals surface area contributed by atoms with Gasteiger partial charge in [-0.1, -0.05) is 41.4 Å². The van der Waals surface area contributed by atoms with Gasteiger partial charge in [0.15, 0.2) is 0 Å². The Kier molecular flexibility index (Phi) is 6.02. The van der Waals surface area contributed by atoms with Crippen molar-refractivity contribution in [2.45, 2.75) is 12.8 Å². The van der Waals surface area contributed by atoms with E-state index >= 15 is 0 Å². The summed E-state index contributed by atoms with van der Waals surface area (Å²) in [5, 5.41) is 13.1. The van der Waals surface area contributed by atoms with Gasteiger partial charge >= 0.3 is 0 Å². The van der Waals surface area contributed by atoms with Crippen LogP contribution in [0.25, 0.3) is 0 Å². The van der Waals surface area contributed by atoms with Gasteiger partial charge in [-0.05, 0) is 31.2 Å². The number of nitrogens with one attached hydrogen (secondary N) is 1. The Morgan fingerprint density at radius 3 is 2.48 bits per heavy atom. The number of carbonyl (C=O) groups is 1. The van der Waals surface area contributed by atoms with Gasteiger partial charge in [0, 0.05) is 15.6 Å². The van der Waals surface area contributed by atoms with E-state index in [1.807, 2.05) is 6.07 Å². The zero-order chi connectivity index (χ0) is 21.1. The number of para-hydroxylation sites is 2. The van der Waals surface area contributed by atoms with Gasteiger partial charge in [0.1, 0.15) is 23.2 Å². The van der Waals surface area contributed by atoms with Crippen molar-refractivity contribution in [2.24, 2.45) is 5.73 Å². The van der Waals surface area contributed by atoms with Crippen molar-refractivity contribution in [3.8, 4) is 11.8 Å². The van der Waals surface area contributed by atoms with Crippen molar-refractivity contribution in [3.63, 3.8) is 0 Å². The second-order valence-corrected chi connectivity index (χ2v) is 7.00. The number of rotatable bonds is 4. The second-order valence-electron chi connectivity index (χ2n) is 6.18. The Labute approximate surface area is 178 Å². The first-order valence-corrected chi connectivity index (χ1v) is 9.31. The fraction of sp³-hybridized carbons (Fsp3) is 0.143. The van der Waals surface area contributed by atoms with Gasteiger partial charge in [-0.25, -0.2) is 0 Å². The number of benzene rings is 2. The number of hydrogen-bond acceptors (Lipinski definition) is 5. The highest BCUT2D eigenvalue weighted by Gasteiger charge is 2.37. The van der Waals surface area contributed by atoms with Gasteiger partial charge in [-0.15, -0.1) is 0 Å². The SMILES string of the molecule is COc1ccccc1NC(=O)C1=C(C)OC(N)=C(C#N)[C@@H]1c1c(Cl)cccc1Cl. The lowest BCUT2D eigenvalue weighted by atomic mass is 9.82. The molecule has 0 aliphatic carbocycles. The first kappa shape index (κ1) is 20.6. The molecule has 1 heterocycles. The molecule has 1 aliphatic rings. The van der Waals surface area contributed by atoms with Gasteiger partial charge in [-0.3, -0.25) is 4.79 Å². The normalized spacial score (nSPS) is 16.2. The standard InChI is InChI=1S/C21H17Cl2N3O3/c1-11-17(21(27)26-15-8-3-4-9-16(15)28-2)18(12(10-24)20(25)29-11)19-13(22)6-5-7-14(19)23/h3-9,18H,25H2,1-2H3,(H,26,27)/t18-/m0/s1. The van der Waals surface area contributed by atoms with Crippen LogP contribution in [-0.4, -0.2) is 13.0 Å². The molecule has 29 heavy (non-hydrogen) atoms. The molecule has 3 rings (SSSR count). The third kappa shape index (κ3) is 3.88. The molecule has 0 spiro atoms. The van der Waals surface area contributed by atoms with Crippen LogP contribution in [-0.2, 0) is 9.53 Å². The highest BCUT2D eigenvalue weighted by molar-refractivity contribution is 6.36. The van der Waals surface area contributed by atoms with Crippen LogP contribution in [0.2, 0.25) is 10.0 Å². The Morgan fingerprint density at radius 1 is 1.21 bits per heavy atom. The molecule has 1 amide bonds. The largest absolute Gasteiger partial charge is 0.495 e. The van der Waals surface area contributed by atoms with Crippen LogP contribution in [0.4, 0.5) is 5.69 Å². The van der Waals surface area contributed by atoms with Crippen molar-refractivity contribution < 1.29 is 14.3 Å². The summed E-state index contributed by atoms with van der Waals surface area (Å²) in [7, 11) is 1.50. The van der Waals surface area contributed by atoms with Crippen LogP contribution in [0.5, 0.6) is 5.75 Å². The highest BCUT2D eigenvalue weighted by atomic mass is 35.5. The smallest absolute Gasteiger partial charge is 0.256 e. The van der Waals surface area contributed by atoms with E-state index in [4.69, 9.17) is 38.4 Å². The molecule has 0 aromatic heterocycles. The van der Waals surface area contributed by atoms with Gasteiger partial charge in [-0.2, -0.15) is 5.26 Å². The van der Waals surface area contributed by atoms with Gasteiger partial charge in [0.2, 0.25) is 5.88 Å². The first-order valence-electron chi connectivity index (χ1n) is 8.55. The molecule has 0 saturated carbocycles. The van der Waals surface area contributed by atoms with E-state index in [1.165, 1.54) is 7.11 Å².